The van der Waals surface area contributed by atoms with Crippen LogP contribution in [0.4, 0.5) is 0 Å². The van der Waals surface area contributed by atoms with E-state index >= 15 is 0 Å². The lowest BCUT2D eigenvalue weighted by molar-refractivity contribution is 0.255. The summed E-state index contributed by atoms with van der Waals surface area (Å²) in [5.74, 6) is 2.63. The third-order valence-corrected chi connectivity index (χ3v) is 3.84. The van der Waals surface area contributed by atoms with Crippen LogP contribution < -0.4 is 5.73 Å². The second kappa shape index (κ2) is 4.17. The predicted octanol–water partition coefficient (Wildman–Crippen LogP) is 2.53. The molecule has 2 aliphatic carbocycles. The summed E-state index contributed by atoms with van der Waals surface area (Å²) in [5, 5.41) is 4.03. The highest BCUT2D eigenvalue weighted by Crippen LogP contribution is 2.39. The molecule has 0 radical (unpaired) electrons. The van der Waals surface area contributed by atoms with Crippen LogP contribution in [0, 0.1) is 5.92 Å². The third-order valence-electron chi connectivity index (χ3n) is 3.84. The maximum atomic E-state index is 6.21. The Bertz CT molecular complexity index is 353. The minimum absolute atomic E-state index is 0.0414. The average molecular weight is 221 g/mol. The van der Waals surface area contributed by atoms with Crippen molar-refractivity contribution in [1.82, 2.24) is 10.1 Å². The first-order valence-electron chi connectivity index (χ1n) is 6.43. The predicted molar refractivity (Wildman–Crippen MR) is 59.8 cm³/mol. The highest BCUT2D eigenvalue weighted by molar-refractivity contribution is 5.05. The van der Waals surface area contributed by atoms with Crippen molar-refractivity contribution < 1.29 is 4.52 Å². The summed E-state index contributed by atoms with van der Waals surface area (Å²) < 4.78 is 5.29. The van der Waals surface area contributed by atoms with Crippen molar-refractivity contribution in [3.63, 3.8) is 0 Å². The van der Waals surface area contributed by atoms with Gasteiger partial charge in [-0.1, -0.05) is 24.4 Å². The normalized spacial score (nSPS) is 24.6. The summed E-state index contributed by atoms with van der Waals surface area (Å²) in [5.41, 5.74) is 6.21. The molecular formula is C12H19N3O. The summed E-state index contributed by atoms with van der Waals surface area (Å²) in [4.78, 5) is 4.44. The zero-order valence-electron chi connectivity index (χ0n) is 9.56. The van der Waals surface area contributed by atoms with Gasteiger partial charge in [-0.2, -0.15) is 4.98 Å². The maximum Gasteiger partial charge on any atom is 0.243 e. The molecule has 0 bridgehead atoms. The lowest BCUT2D eigenvalue weighted by Crippen LogP contribution is -2.23. The van der Waals surface area contributed by atoms with Crippen molar-refractivity contribution in [2.75, 3.05) is 0 Å². The Morgan fingerprint density at radius 3 is 2.56 bits per heavy atom. The van der Waals surface area contributed by atoms with Crippen LogP contribution in [0.3, 0.4) is 0 Å². The van der Waals surface area contributed by atoms with Crippen LogP contribution in [0.1, 0.15) is 68.6 Å². The molecule has 1 aromatic rings. The van der Waals surface area contributed by atoms with Crippen LogP contribution in [0.2, 0.25) is 0 Å². The van der Waals surface area contributed by atoms with Crippen LogP contribution in [0.25, 0.3) is 0 Å². The lowest BCUT2D eigenvalue weighted by Gasteiger charge is -2.24. The molecule has 0 saturated heterocycles. The zero-order chi connectivity index (χ0) is 11.0. The topological polar surface area (TPSA) is 64.9 Å². The van der Waals surface area contributed by atoms with Gasteiger partial charge in [-0.3, -0.25) is 0 Å². The lowest BCUT2D eigenvalue weighted by atomic mass is 9.84. The van der Waals surface area contributed by atoms with Gasteiger partial charge in [-0.15, -0.1) is 0 Å². The van der Waals surface area contributed by atoms with Crippen LogP contribution in [0.15, 0.2) is 4.52 Å². The van der Waals surface area contributed by atoms with Gasteiger partial charge in [0.2, 0.25) is 5.89 Å². The Labute approximate surface area is 95.6 Å². The Morgan fingerprint density at radius 1 is 1.12 bits per heavy atom. The number of aromatic nitrogens is 2. The smallest absolute Gasteiger partial charge is 0.243 e. The first-order chi connectivity index (χ1) is 7.84. The second-order valence-electron chi connectivity index (χ2n) is 5.19. The van der Waals surface area contributed by atoms with Crippen molar-refractivity contribution in [1.29, 1.82) is 0 Å². The van der Waals surface area contributed by atoms with E-state index < -0.39 is 0 Å². The molecule has 88 valence electrons. The quantitative estimate of drug-likeness (QED) is 0.851. The van der Waals surface area contributed by atoms with Crippen LogP contribution in [-0.2, 0) is 0 Å². The van der Waals surface area contributed by atoms with Crippen molar-refractivity contribution >= 4 is 0 Å². The third kappa shape index (κ3) is 1.98. The fourth-order valence-electron chi connectivity index (χ4n) is 2.58. The monoisotopic (exact) mass is 221 g/mol. The minimum atomic E-state index is -0.0414. The SMILES string of the molecule is NC(c1nc(C2CC2)no1)C1CCCCC1. The summed E-state index contributed by atoms with van der Waals surface area (Å²) >= 11 is 0. The summed E-state index contributed by atoms with van der Waals surface area (Å²) in [6.45, 7) is 0. The van der Waals surface area contributed by atoms with Gasteiger partial charge in [-0.05, 0) is 31.6 Å². The Hall–Kier alpha value is -0.900. The fourth-order valence-corrected chi connectivity index (χ4v) is 2.58. The molecule has 1 atom stereocenters. The molecule has 1 aromatic heterocycles. The molecule has 4 heteroatoms. The van der Waals surface area contributed by atoms with Gasteiger partial charge in [0.1, 0.15) is 0 Å². The molecule has 0 aromatic carbocycles. The molecule has 0 aliphatic heterocycles. The van der Waals surface area contributed by atoms with Crippen molar-refractivity contribution in [3.8, 4) is 0 Å². The zero-order valence-corrected chi connectivity index (χ0v) is 9.56. The molecule has 2 fully saturated rings. The highest BCUT2D eigenvalue weighted by atomic mass is 16.5. The van der Waals surface area contributed by atoms with Crippen LogP contribution in [-0.4, -0.2) is 10.1 Å². The Morgan fingerprint density at radius 2 is 1.88 bits per heavy atom. The van der Waals surface area contributed by atoms with Crippen LogP contribution in [0.5, 0.6) is 0 Å². The van der Waals surface area contributed by atoms with Gasteiger partial charge in [0.05, 0.1) is 6.04 Å². The van der Waals surface area contributed by atoms with Crippen molar-refractivity contribution in [2.24, 2.45) is 11.7 Å². The molecule has 4 nitrogen and oxygen atoms in total. The van der Waals surface area contributed by atoms with Gasteiger partial charge in [-0.25, -0.2) is 0 Å². The van der Waals surface area contributed by atoms with E-state index in [0.29, 0.717) is 17.7 Å². The Kier molecular flexibility index (Phi) is 2.67. The molecule has 16 heavy (non-hydrogen) atoms. The fraction of sp³-hybridized carbons (Fsp3) is 0.833. The van der Waals surface area contributed by atoms with Gasteiger partial charge in [0.25, 0.3) is 0 Å². The van der Waals surface area contributed by atoms with E-state index in [0.717, 1.165) is 5.82 Å². The van der Waals surface area contributed by atoms with E-state index in [1.807, 2.05) is 0 Å². The number of hydrogen-bond donors (Lipinski definition) is 1. The number of hydrogen-bond acceptors (Lipinski definition) is 4. The molecule has 2 saturated carbocycles. The van der Waals surface area contributed by atoms with Gasteiger partial charge in [0, 0.05) is 5.92 Å². The van der Waals surface area contributed by atoms with Gasteiger partial charge >= 0.3 is 0 Å². The second-order valence-corrected chi connectivity index (χ2v) is 5.19. The molecule has 0 spiro atoms. The van der Waals surface area contributed by atoms with Crippen molar-refractivity contribution in [2.45, 2.75) is 56.9 Å². The molecule has 2 aliphatic rings. The summed E-state index contributed by atoms with van der Waals surface area (Å²) in [6.07, 6.45) is 8.77. The van der Waals surface area contributed by atoms with E-state index in [1.165, 1.54) is 44.9 Å². The highest BCUT2D eigenvalue weighted by Gasteiger charge is 2.31. The average Bonchev–Trinajstić information content (AvgIpc) is 3.08. The molecular weight excluding hydrogens is 202 g/mol. The molecule has 3 rings (SSSR count). The Balaban J connectivity index is 1.69. The van der Waals surface area contributed by atoms with E-state index in [4.69, 9.17) is 10.3 Å². The molecule has 0 amide bonds. The maximum absolute atomic E-state index is 6.21. The summed E-state index contributed by atoms with van der Waals surface area (Å²) in [7, 11) is 0. The molecule has 1 unspecified atom stereocenters. The van der Waals surface area contributed by atoms with Crippen LogP contribution >= 0.6 is 0 Å². The molecule has 2 N–H and O–H groups in total. The first-order valence-corrected chi connectivity index (χ1v) is 6.43. The molecule has 1 heterocycles. The van der Waals surface area contributed by atoms with E-state index in [-0.39, 0.29) is 6.04 Å². The number of nitrogens with zero attached hydrogens (tertiary/aromatic N) is 2. The minimum Gasteiger partial charge on any atom is -0.338 e. The standard InChI is InChI=1S/C12H19N3O/c13-10(8-4-2-1-3-5-8)12-14-11(15-16-12)9-6-7-9/h8-10H,1-7,13H2. The number of rotatable bonds is 3. The largest absolute Gasteiger partial charge is 0.338 e. The van der Waals surface area contributed by atoms with Crippen molar-refractivity contribution in [3.05, 3.63) is 11.7 Å². The van der Waals surface area contributed by atoms with E-state index in [1.54, 1.807) is 0 Å². The van der Waals surface area contributed by atoms with E-state index in [9.17, 15) is 0 Å². The number of nitrogens with two attached hydrogens (primary N) is 1. The van der Waals surface area contributed by atoms with Gasteiger partial charge in [0.15, 0.2) is 5.82 Å². The summed E-state index contributed by atoms with van der Waals surface area (Å²) in [6, 6.07) is -0.0414. The van der Waals surface area contributed by atoms with E-state index in [2.05, 4.69) is 10.1 Å². The first kappa shape index (κ1) is 10.3. The van der Waals surface area contributed by atoms with Gasteiger partial charge < -0.3 is 10.3 Å².